The minimum atomic E-state index is -4.47. The van der Waals surface area contributed by atoms with Gasteiger partial charge in [-0.25, -0.2) is 18.1 Å². The second-order valence-electron chi connectivity index (χ2n) is 5.56. The summed E-state index contributed by atoms with van der Waals surface area (Å²) in [6.45, 7) is 0. The second kappa shape index (κ2) is 7.48. The third-order valence-corrected chi connectivity index (χ3v) is 5.03. The summed E-state index contributed by atoms with van der Waals surface area (Å²) < 4.78 is 67.7. The van der Waals surface area contributed by atoms with Crippen LogP contribution in [0.2, 0.25) is 0 Å². The van der Waals surface area contributed by atoms with Crippen LogP contribution in [0.3, 0.4) is 0 Å². The molecule has 1 aliphatic rings. The third-order valence-electron chi connectivity index (χ3n) is 3.60. The van der Waals surface area contributed by atoms with Crippen molar-refractivity contribution >= 4 is 10.0 Å². The van der Waals surface area contributed by atoms with Gasteiger partial charge in [0.05, 0.1) is 12.2 Å². The van der Waals surface area contributed by atoms with Gasteiger partial charge >= 0.3 is 6.18 Å². The van der Waals surface area contributed by atoms with Crippen LogP contribution in [0.25, 0.3) is 0 Å². The lowest BCUT2D eigenvalue weighted by molar-refractivity contribution is -0.130. The van der Waals surface area contributed by atoms with Crippen molar-refractivity contribution < 1.29 is 26.3 Å². The van der Waals surface area contributed by atoms with E-state index in [9.17, 15) is 21.6 Å². The Morgan fingerprint density at radius 3 is 2.48 bits per heavy atom. The summed E-state index contributed by atoms with van der Waals surface area (Å²) in [5.74, 6) is -0.414. The number of halogens is 3. The summed E-state index contributed by atoms with van der Waals surface area (Å²) in [7, 11) is -3.91. The van der Waals surface area contributed by atoms with Crippen LogP contribution in [0.4, 0.5) is 13.2 Å². The molecule has 0 radical (unpaired) electrons. The second-order valence-corrected chi connectivity index (χ2v) is 7.43. The molecule has 9 heteroatoms. The summed E-state index contributed by atoms with van der Waals surface area (Å²) in [5, 5.41) is 0. The molecule has 5 nitrogen and oxygen atoms in total. The summed E-state index contributed by atoms with van der Waals surface area (Å²) >= 11 is 0. The van der Waals surface area contributed by atoms with Gasteiger partial charge in [-0.15, -0.1) is 0 Å². The lowest BCUT2D eigenvalue weighted by Crippen LogP contribution is -2.41. The maximum absolute atomic E-state index is 12.1. The Balaban J connectivity index is 1.76. The van der Waals surface area contributed by atoms with E-state index in [1.807, 2.05) is 6.07 Å². The van der Waals surface area contributed by atoms with E-state index in [2.05, 4.69) is 9.71 Å². The van der Waals surface area contributed by atoms with Crippen LogP contribution >= 0.6 is 0 Å². The van der Waals surface area contributed by atoms with Crippen molar-refractivity contribution in [2.75, 3.05) is 5.75 Å². The quantitative estimate of drug-likeness (QED) is 0.855. The van der Waals surface area contributed by atoms with E-state index in [0.717, 1.165) is 0 Å². The van der Waals surface area contributed by atoms with Crippen molar-refractivity contribution in [2.24, 2.45) is 0 Å². The van der Waals surface area contributed by atoms with Gasteiger partial charge in [-0.05, 0) is 31.7 Å². The normalized spacial score (nSPS) is 22.7. The molecule has 0 aromatic carbocycles. The van der Waals surface area contributed by atoms with E-state index < -0.39 is 28.4 Å². The van der Waals surface area contributed by atoms with Crippen molar-refractivity contribution in [3.8, 4) is 5.88 Å². The zero-order chi connectivity index (χ0) is 16.9. The molecule has 1 aliphatic carbocycles. The van der Waals surface area contributed by atoms with Gasteiger partial charge in [-0.3, -0.25) is 0 Å². The lowest BCUT2D eigenvalue weighted by atomic mass is 9.94. The lowest BCUT2D eigenvalue weighted by Gasteiger charge is -2.29. The molecule has 1 N–H and O–H groups in total. The van der Waals surface area contributed by atoms with Gasteiger partial charge in [0.15, 0.2) is 0 Å². The number of nitrogens with one attached hydrogen (secondary N) is 1. The molecule has 1 aromatic heterocycles. The molecule has 130 valence electrons. The molecule has 0 bridgehead atoms. The zero-order valence-corrected chi connectivity index (χ0v) is 13.2. The van der Waals surface area contributed by atoms with Crippen LogP contribution < -0.4 is 9.46 Å². The number of sulfonamides is 1. The summed E-state index contributed by atoms with van der Waals surface area (Å²) in [6.07, 6.45) is -1.92. The SMILES string of the molecule is O=S(=O)(CCC(F)(F)F)NC1CCC(Oc2ccccn2)CC1. The van der Waals surface area contributed by atoms with E-state index in [-0.39, 0.29) is 12.1 Å². The van der Waals surface area contributed by atoms with E-state index in [0.29, 0.717) is 31.6 Å². The van der Waals surface area contributed by atoms with Gasteiger partial charge in [0, 0.05) is 18.3 Å². The fourth-order valence-electron chi connectivity index (χ4n) is 2.45. The monoisotopic (exact) mass is 352 g/mol. The molecule has 0 aliphatic heterocycles. The molecule has 1 saturated carbocycles. The first-order valence-corrected chi connectivity index (χ1v) is 9.03. The molecule has 23 heavy (non-hydrogen) atoms. The standard InChI is InChI=1S/C14H19F3N2O3S/c15-14(16,17)8-10-23(20,21)19-11-4-6-12(7-5-11)22-13-3-1-2-9-18-13/h1-3,9,11-12,19H,4-8,10H2. The molecule has 1 fully saturated rings. The number of rotatable bonds is 6. The predicted octanol–water partition coefficient (Wildman–Crippen LogP) is 2.64. The Hall–Kier alpha value is -1.35. The van der Waals surface area contributed by atoms with Crippen molar-refractivity contribution in [3.63, 3.8) is 0 Å². The van der Waals surface area contributed by atoms with E-state index >= 15 is 0 Å². The number of hydrogen-bond acceptors (Lipinski definition) is 4. The van der Waals surface area contributed by atoms with Gasteiger partial charge in [0.1, 0.15) is 6.10 Å². The molecule has 0 spiro atoms. The molecular weight excluding hydrogens is 333 g/mol. The average Bonchev–Trinajstić information content (AvgIpc) is 2.48. The largest absolute Gasteiger partial charge is 0.474 e. The maximum atomic E-state index is 12.1. The van der Waals surface area contributed by atoms with Crippen molar-refractivity contribution in [1.29, 1.82) is 0 Å². The molecule has 1 heterocycles. The molecule has 0 amide bonds. The highest BCUT2D eigenvalue weighted by atomic mass is 32.2. The number of alkyl halides is 3. The maximum Gasteiger partial charge on any atom is 0.390 e. The van der Waals surface area contributed by atoms with Gasteiger partial charge in [0.25, 0.3) is 0 Å². The van der Waals surface area contributed by atoms with Crippen molar-refractivity contribution in [1.82, 2.24) is 9.71 Å². The Morgan fingerprint density at radius 2 is 1.91 bits per heavy atom. The van der Waals surface area contributed by atoms with E-state index in [1.165, 1.54) is 0 Å². The molecule has 2 rings (SSSR count). The first-order chi connectivity index (χ1) is 10.7. The summed E-state index contributed by atoms with van der Waals surface area (Å²) in [4.78, 5) is 4.06. The molecular formula is C14H19F3N2O3S. The highest BCUT2D eigenvalue weighted by Crippen LogP contribution is 2.24. The van der Waals surface area contributed by atoms with Crippen LogP contribution in [0.15, 0.2) is 24.4 Å². The van der Waals surface area contributed by atoms with E-state index in [1.54, 1.807) is 18.3 Å². The van der Waals surface area contributed by atoms with Crippen LogP contribution in [0.5, 0.6) is 5.88 Å². The molecule has 0 saturated heterocycles. The Bertz CT molecular complexity index is 585. The number of nitrogens with zero attached hydrogens (tertiary/aromatic N) is 1. The van der Waals surface area contributed by atoms with Crippen molar-refractivity contribution in [3.05, 3.63) is 24.4 Å². The third kappa shape index (κ3) is 6.74. The molecule has 0 unspecified atom stereocenters. The van der Waals surface area contributed by atoms with Gasteiger partial charge in [-0.2, -0.15) is 13.2 Å². The highest BCUT2D eigenvalue weighted by molar-refractivity contribution is 7.89. The summed E-state index contributed by atoms with van der Waals surface area (Å²) in [6, 6.07) is 4.99. The van der Waals surface area contributed by atoms with Gasteiger partial charge < -0.3 is 4.74 Å². The topological polar surface area (TPSA) is 68.3 Å². The number of hydrogen-bond donors (Lipinski definition) is 1. The highest BCUT2D eigenvalue weighted by Gasteiger charge is 2.31. The summed E-state index contributed by atoms with van der Waals surface area (Å²) in [5.41, 5.74) is 0. The molecule has 0 atom stereocenters. The minimum Gasteiger partial charge on any atom is -0.474 e. The zero-order valence-electron chi connectivity index (χ0n) is 12.4. The smallest absolute Gasteiger partial charge is 0.390 e. The molecule has 1 aromatic rings. The van der Waals surface area contributed by atoms with Crippen molar-refractivity contribution in [2.45, 2.75) is 50.4 Å². The Kier molecular flexibility index (Phi) is 5.85. The van der Waals surface area contributed by atoms with Crippen LogP contribution in [-0.4, -0.2) is 37.5 Å². The fourth-order valence-corrected chi connectivity index (χ4v) is 3.81. The fraction of sp³-hybridized carbons (Fsp3) is 0.643. The minimum absolute atomic E-state index is 0.0548. The number of aromatic nitrogens is 1. The average molecular weight is 352 g/mol. The predicted molar refractivity (Wildman–Crippen MR) is 78.5 cm³/mol. The van der Waals surface area contributed by atoms with Gasteiger partial charge in [-0.1, -0.05) is 6.07 Å². The first-order valence-electron chi connectivity index (χ1n) is 7.38. The van der Waals surface area contributed by atoms with Crippen LogP contribution in [0, 0.1) is 0 Å². The Morgan fingerprint density at radius 1 is 1.22 bits per heavy atom. The van der Waals surface area contributed by atoms with Crippen LogP contribution in [-0.2, 0) is 10.0 Å². The van der Waals surface area contributed by atoms with E-state index in [4.69, 9.17) is 4.74 Å². The number of pyridine rings is 1. The van der Waals surface area contributed by atoms with Gasteiger partial charge in [0.2, 0.25) is 15.9 Å². The first kappa shape index (κ1) is 18.0. The number of ether oxygens (including phenoxy) is 1. The Labute approximate surface area is 133 Å². The van der Waals surface area contributed by atoms with Crippen LogP contribution in [0.1, 0.15) is 32.1 Å².